The van der Waals surface area contributed by atoms with Crippen LogP contribution in [0.25, 0.3) is 0 Å². The summed E-state index contributed by atoms with van der Waals surface area (Å²) in [6, 6.07) is 9.53. The molecule has 2 aromatic carbocycles. The van der Waals surface area contributed by atoms with Gasteiger partial charge in [0.2, 0.25) is 11.8 Å². The lowest BCUT2D eigenvalue weighted by atomic mass is 10.1. The monoisotopic (exact) mass is 582 g/mol. The summed E-state index contributed by atoms with van der Waals surface area (Å²) in [5, 5.41) is 10.9. The largest absolute Gasteiger partial charge is 0.496 e. The molecule has 4 N–H and O–H groups in total. The molecule has 0 aliphatic rings. The molecule has 0 aromatic heterocycles. The standard InChI is InChI=1S/C32H46N4O6/c1-6-7-8-9-10-11-12-13-29(37)35-23-14-16-28(42-5)26(18-23)32(40)34-21-30(38)36-24-15-17-27(41-4)25(19-24)31(39)33-20-22(2)3/h14-19,22H,6-13,20-21H2,1-5H3,(H,33,39)(H,34,40)(H,35,37)(H,36,38). The first-order chi connectivity index (χ1) is 20.2. The van der Waals surface area contributed by atoms with E-state index in [0.717, 1.165) is 19.3 Å². The van der Waals surface area contributed by atoms with Crippen molar-refractivity contribution in [2.45, 2.75) is 72.1 Å². The van der Waals surface area contributed by atoms with Gasteiger partial charge in [0.1, 0.15) is 11.5 Å². The van der Waals surface area contributed by atoms with E-state index in [0.29, 0.717) is 35.8 Å². The number of hydrogen-bond acceptors (Lipinski definition) is 6. The maximum atomic E-state index is 12.9. The average Bonchev–Trinajstić information content (AvgIpc) is 2.98. The van der Waals surface area contributed by atoms with Crippen LogP contribution in [0.3, 0.4) is 0 Å². The molecule has 0 unspecified atom stereocenters. The maximum absolute atomic E-state index is 12.9. The summed E-state index contributed by atoms with van der Waals surface area (Å²) in [5.74, 6) is -0.484. The molecular weight excluding hydrogens is 536 g/mol. The van der Waals surface area contributed by atoms with E-state index < -0.39 is 11.8 Å². The van der Waals surface area contributed by atoms with Crippen LogP contribution in [0.5, 0.6) is 11.5 Å². The lowest BCUT2D eigenvalue weighted by molar-refractivity contribution is -0.116. The summed E-state index contributed by atoms with van der Waals surface area (Å²) in [5.41, 5.74) is 1.33. The van der Waals surface area contributed by atoms with Gasteiger partial charge in [-0.25, -0.2) is 0 Å². The average molecular weight is 583 g/mol. The van der Waals surface area contributed by atoms with Gasteiger partial charge in [0.25, 0.3) is 11.8 Å². The predicted molar refractivity (Wildman–Crippen MR) is 165 cm³/mol. The van der Waals surface area contributed by atoms with E-state index in [1.165, 1.54) is 52.0 Å². The third-order valence-corrected chi connectivity index (χ3v) is 6.54. The highest BCUT2D eigenvalue weighted by molar-refractivity contribution is 6.03. The van der Waals surface area contributed by atoms with Crippen molar-refractivity contribution in [2.75, 3.05) is 37.9 Å². The van der Waals surface area contributed by atoms with Crippen molar-refractivity contribution in [2.24, 2.45) is 5.92 Å². The molecule has 2 rings (SSSR count). The number of benzene rings is 2. The number of methoxy groups -OCH3 is 2. The number of unbranched alkanes of at least 4 members (excludes halogenated alkanes) is 6. The van der Waals surface area contributed by atoms with Gasteiger partial charge in [0.05, 0.1) is 31.9 Å². The highest BCUT2D eigenvalue weighted by Gasteiger charge is 2.17. The van der Waals surface area contributed by atoms with Crippen LogP contribution in [-0.4, -0.2) is 50.9 Å². The zero-order chi connectivity index (χ0) is 30.9. The van der Waals surface area contributed by atoms with Crippen LogP contribution in [0.2, 0.25) is 0 Å². The van der Waals surface area contributed by atoms with E-state index >= 15 is 0 Å². The Hall–Kier alpha value is -4.08. The molecule has 0 atom stereocenters. The van der Waals surface area contributed by atoms with E-state index in [2.05, 4.69) is 28.2 Å². The molecule has 0 bridgehead atoms. The first-order valence-corrected chi connectivity index (χ1v) is 14.7. The maximum Gasteiger partial charge on any atom is 0.255 e. The van der Waals surface area contributed by atoms with Gasteiger partial charge in [-0.3, -0.25) is 19.2 Å². The Morgan fingerprint density at radius 1 is 0.690 bits per heavy atom. The molecule has 0 spiro atoms. The summed E-state index contributed by atoms with van der Waals surface area (Å²) in [6.45, 7) is 6.34. The number of amides is 4. The number of ether oxygens (including phenoxy) is 2. The second kappa shape index (κ2) is 18.4. The fourth-order valence-electron chi connectivity index (χ4n) is 4.25. The van der Waals surface area contributed by atoms with Crippen molar-refractivity contribution in [1.82, 2.24) is 10.6 Å². The topological polar surface area (TPSA) is 135 Å². The van der Waals surface area contributed by atoms with Gasteiger partial charge in [-0.1, -0.05) is 59.3 Å². The second-order valence-corrected chi connectivity index (χ2v) is 10.6. The van der Waals surface area contributed by atoms with Crippen LogP contribution in [0.15, 0.2) is 36.4 Å². The summed E-state index contributed by atoms with van der Waals surface area (Å²) in [4.78, 5) is 50.6. The van der Waals surface area contributed by atoms with Crippen molar-refractivity contribution in [3.05, 3.63) is 47.5 Å². The van der Waals surface area contributed by atoms with Crippen LogP contribution in [0.4, 0.5) is 11.4 Å². The van der Waals surface area contributed by atoms with E-state index in [1.807, 2.05) is 13.8 Å². The van der Waals surface area contributed by atoms with Gasteiger partial charge in [0.15, 0.2) is 0 Å². The van der Waals surface area contributed by atoms with Crippen LogP contribution >= 0.6 is 0 Å². The Morgan fingerprint density at radius 3 is 1.71 bits per heavy atom. The summed E-state index contributed by atoms with van der Waals surface area (Å²) in [6.07, 6.45) is 8.26. The minimum Gasteiger partial charge on any atom is -0.496 e. The van der Waals surface area contributed by atoms with Crippen LogP contribution in [-0.2, 0) is 9.59 Å². The Labute approximate surface area is 249 Å². The minimum atomic E-state index is -0.534. The molecule has 0 saturated heterocycles. The molecule has 0 aliphatic carbocycles. The Kier molecular flexibility index (Phi) is 14.9. The second-order valence-electron chi connectivity index (χ2n) is 10.6. The highest BCUT2D eigenvalue weighted by Crippen LogP contribution is 2.24. The number of anilines is 2. The fraction of sp³-hybridized carbons (Fsp3) is 0.500. The van der Waals surface area contributed by atoms with Crippen LogP contribution in [0.1, 0.15) is 92.9 Å². The molecular formula is C32H46N4O6. The number of nitrogens with one attached hydrogen (secondary N) is 4. The zero-order valence-electron chi connectivity index (χ0n) is 25.6. The molecule has 10 heteroatoms. The quantitative estimate of drug-likeness (QED) is 0.171. The summed E-state index contributed by atoms with van der Waals surface area (Å²) in [7, 11) is 2.91. The number of hydrogen-bond donors (Lipinski definition) is 4. The Balaban J connectivity index is 1.94. The predicted octanol–water partition coefficient (Wildman–Crippen LogP) is 5.54. The molecule has 0 saturated carbocycles. The van der Waals surface area contributed by atoms with Crippen molar-refractivity contribution in [1.29, 1.82) is 0 Å². The van der Waals surface area contributed by atoms with Crippen molar-refractivity contribution < 1.29 is 28.7 Å². The molecule has 10 nitrogen and oxygen atoms in total. The first-order valence-electron chi connectivity index (χ1n) is 14.7. The molecule has 0 aliphatic heterocycles. The van der Waals surface area contributed by atoms with Gasteiger partial charge in [0, 0.05) is 24.3 Å². The molecule has 230 valence electrons. The normalized spacial score (nSPS) is 10.6. The Morgan fingerprint density at radius 2 is 1.19 bits per heavy atom. The third-order valence-electron chi connectivity index (χ3n) is 6.54. The highest BCUT2D eigenvalue weighted by atomic mass is 16.5. The lowest BCUT2D eigenvalue weighted by Gasteiger charge is -2.14. The van der Waals surface area contributed by atoms with Crippen molar-refractivity contribution in [3.8, 4) is 11.5 Å². The first kappa shape index (κ1) is 34.1. The fourth-order valence-corrected chi connectivity index (χ4v) is 4.25. The molecule has 0 fully saturated rings. The van der Waals surface area contributed by atoms with E-state index in [1.54, 1.807) is 24.3 Å². The zero-order valence-corrected chi connectivity index (χ0v) is 25.6. The van der Waals surface area contributed by atoms with Crippen LogP contribution in [0, 0.1) is 5.92 Å². The number of carbonyl (C=O) groups excluding carboxylic acids is 4. The van der Waals surface area contributed by atoms with Crippen molar-refractivity contribution >= 4 is 35.0 Å². The minimum absolute atomic E-state index is 0.115. The molecule has 0 radical (unpaired) electrons. The van der Waals surface area contributed by atoms with Gasteiger partial charge >= 0.3 is 0 Å². The Bertz CT molecular complexity index is 1200. The van der Waals surface area contributed by atoms with Crippen molar-refractivity contribution in [3.63, 3.8) is 0 Å². The molecule has 0 heterocycles. The lowest BCUT2D eigenvalue weighted by Crippen LogP contribution is -2.33. The molecule has 4 amide bonds. The smallest absolute Gasteiger partial charge is 0.255 e. The van der Waals surface area contributed by atoms with Gasteiger partial charge in [-0.05, 0) is 48.7 Å². The number of rotatable bonds is 18. The van der Waals surface area contributed by atoms with E-state index in [9.17, 15) is 19.2 Å². The molecule has 42 heavy (non-hydrogen) atoms. The molecule has 2 aromatic rings. The SMILES string of the molecule is CCCCCCCCCC(=O)Nc1ccc(OC)c(C(=O)NCC(=O)Nc2ccc(OC)c(C(=O)NCC(C)C)c2)c1. The van der Waals surface area contributed by atoms with E-state index in [4.69, 9.17) is 9.47 Å². The summed E-state index contributed by atoms with van der Waals surface area (Å²) < 4.78 is 10.6. The van der Waals surface area contributed by atoms with Crippen LogP contribution < -0.4 is 30.7 Å². The third kappa shape index (κ3) is 11.8. The van der Waals surface area contributed by atoms with Gasteiger partial charge in [-0.2, -0.15) is 0 Å². The van der Waals surface area contributed by atoms with Gasteiger partial charge < -0.3 is 30.7 Å². The van der Waals surface area contributed by atoms with Gasteiger partial charge in [-0.15, -0.1) is 0 Å². The van der Waals surface area contributed by atoms with E-state index in [-0.39, 0.29) is 35.4 Å². The summed E-state index contributed by atoms with van der Waals surface area (Å²) >= 11 is 0. The number of carbonyl (C=O) groups is 4.